The first kappa shape index (κ1) is 21.0. The number of alkyl halides is 2. The second-order valence-corrected chi connectivity index (χ2v) is 6.29. The first-order chi connectivity index (χ1) is 14.2. The molecule has 0 bridgehead atoms. The Morgan fingerprint density at radius 3 is 2.43 bits per heavy atom. The molecular formula is C19H17F3N6O2. The van der Waals surface area contributed by atoms with Crippen molar-refractivity contribution in [2.45, 2.75) is 19.8 Å². The lowest BCUT2D eigenvalue weighted by molar-refractivity contribution is -0.114. The molecule has 3 aromatic heterocycles. The van der Waals surface area contributed by atoms with E-state index >= 15 is 0 Å². The maximum atomic E-state index is 14.0. The van der Waals surface area contributed by atoms with Crippen molar-refractivity contribution < 1.29 is 22.7 Å². The highest BCUT2D eigenvalue weighted by atomic mass is 19.3. The summed E-state index contributed by atoms with van der Waals surface area (Å²) in [5, 5.41) is 5.39. The molecule has 0 saturated heterocycles. The number of halogens is 3. The van der Waals surface area contributed by atoms with Crippen LogP contribution in [0.5, 0.6) is 5.75 Å². The largest absolute Gasteiger partial charge is 0.493 e. The molecule has 0 unspecified atom stereocenters. The molecule has 0 spiro atoms. The number of carbonyl (C=O) groups excluding carboxylic acids is 1. The van der Waals surface area contributed by atoms with Gasteiger partial charge in [-0.15, -0.1) is 0 Å². The fourth-order valence-corrected chi connectivity index (χ4v) is 2.46. The summed E-state index contributed by atoms with van der Waals surface area (Å²) in [5.41, 5.74) is 0.574. The molecule has 0 radical (unpaired) electrons. The molecule has 0 aromatic carbocycles. The monoisotopic (exact) mass is 418 g/mol. The molecule has 0 aliphatic rings. The number of methoxy groups -OCH3 is 1. The van der Waals surface area contributed by atoms with Gasteiger partial charge in [0.2, 0.25) is 11.7 Å². The normalized spacial score (nSPS) is 11.1. The van der Waals surface area contributed by atoms with Crippen molar-refractivity contribution in [2.24, 2.45) is 0 Å². The molecule has 0 aliphatic carbocycles. The Bertz CT molecular complexity index is 1070. The van der Waals surface area contributed by atoms with Gasteiger partial charge in [0.05, 0.1) is 36.6 Å². The number of aromatic nitrogens is 4. The van der Waals surface area contributed by atoms with Crippen LogP contribution < -0.4 is 15.4 Å². The van der Waals surface area contributed by atoms with E-state index in [0.29, 0.717) is 12.6 Å². The number of ether oxygens (including phenoxy) is 1. The summed E-state index contributed by atoms with van der Waals surface area (Å²) in [6.07, 6.45) is 2.31. The van der Waals surface area contributed by atoms with Crippen LogP contribution in [0.3, 0.4) is 0 Å². The van der Waals surface area contributed by atoms with E-state index in [1.807, 2.05) is 0 Å². The van der Waals surface area contributed by atoms with Gasteiger partial charge in [0.1, 0.15) is 17.5 Å². The third kappa shape index (κ3) is 4.99. The van der Waals surface area contributed by atoms with Crippen LogP contribution in [0.4, 0.5) is 30.5 Å². The van der Waals surface area contributed by atoms with Gasteiger partial charge in [0.15, 0.2) is 5.75 Å². The van der Waals surface area contributed by atoms with Gasteiger partial charge in [-0.05, 0) is 12.1 Å². The van der Waals surface area contributed by atoms with E-state index in [9.17, 15) is 18.0 Å². The molecule has 0 fully saturated rings. The lowest BCUT2D eigenvalue weighted by atomic mass is 10.2. The van der Waals surface area contributed by atoms with E-state index in [1.165, 1.54) is 38.4 Å². The number of amides is 1. The molecule has 0 saturated carbocycles. The molecule has 2 N–H and O–H groups in total. The summed E-state index contributed by atoms with van der Waals surface area (Å²) in [6.45, 7) is 1.98. The number of nitrogens with zero attached hydrogens (tertiary/aromatic N) is 4. The highest BCUT2D eigenvalue weighted by Crippen LogP contribution is 2.32. The molecule has 1 amide bonds. The minimum absolute atomic E-state index is 0.0147. The van der Waals surface area contributed by atoms with E-state index in [0.717, 1.165) is 12.3 Å². The van der Waals surface area contributed by atoms with Gasteiger partial charge in [0.25, 0.3) is 0 Å². The molecule has 11 heteroatoms. The van der Waals surface area contributed by atoms with Crippen LogP contribution in [-0.4, -0.2) is 33.0 Å². The third-order valence-corrected chi connectivity index (χ3v) is 3.76. The van der Waals surface area contributed by atoms with Gasteiger partial charge in [0, 0.05) is 26.0 Å². The van der Waals surface area contributed by atoms with Crippen LogP contribution in [0.15, 0.2) is 36.7 Å². The van der Waals surface area contributed by atoms with Crippen molar-refractivity contribution in [3.05, 3.63) is 48.3 Å². The highest BCUT2D eigenvalue weighted by Gasteiger charge is 2.29. The summed E-state index contributed by atoms with van der Waals surface area (Å²) in [6, 6.07) is 5.31. The molecule has 30 heavy (non-hydrogen) atoms. The molecule has 0 aliphatic heterocycles. The Morgan fingerprint density at radius 2 is 1.83 bits per heavy atom. The van der Waals surface area contributed by atoms with E-state index in [1.54, 1.807) is 0 Å². The highest BCUT2D eigenvalue weighted by molar-refractivity contribution is 5.88. The van der Waals surface area contributed by atoms with Crippen LogP contribution >= 0.6 is 0 Å². The van der Waals surface area contributed by atoms with Crippen molar-refractivity contribution >= 4 is 23.2 Å². The van der Waals surface area contributed by atoms with E-state index < -0.39 is 17.6 Å². The number of carbonyl (C=O) groups is 1. The zero-order valence-electron chi connectivity index (χ0n) is 16.2. The van der Waals surface area contributed by atoms with Gasteiger partial charge in [-0.25, -0.2) is 19.3 Å². The molecule has 156 valence electrons. The quantitative estimate of drug-likeness (QED) is 0.626. The molecule has 0 atom stereocenters. The van der Waals surface area contributed by atoms with Crippen molar-refractivity contribution in [3.63, 3.8) is 0 Å². The second-order valence-electron chi connectivity index (χ2n) is 6.29. The van der Waals surface area contributed by atoms with Gasteiger partial charge in [-0.1, -0.05) is 0 Å². The predicted octanol–water partition coefficient (Wildman–Crippen LogP) is 3.90. The minimum Gasteiger partial charge on any atom is -0.493 e. The average molecular weight is 418 g/mol. The smallest absolute Gasteiger partial charge is 0.303 e. The van der Waals surface area contributed by atoms with Gasteiger partial charge >= 0.3 is 5.92 Å². The number of hydrogen-bond donors (Lipinski definition) is 2. The lowest BCUT2D eigenvalue weighted by Crippen LogP contribution is -2.15. The van der Waals surface area contributed by atoms with Gasteiger partial charge in [-0.3, -0.25) is 9.78 Å². The zero-order valence-corrected chi connectivity index (χ0v) is 16.2. The van der Waals surface area contributed by atoms with Crippen LogP contribution in [-0.2, 0) is 10.7 Å². The van der Waals surface area contributed by atoms with E-state index in [-0.39, 0.29) is 34.7 Å². The summed E-state index contributed by atoms with van der Waals surface area (Å²) >= 11 is 0. The fourth-order valence-electron chi connectivity index (χ4n) is 2.46. The molecular weight excluding hydrogens is 401 g/mol. The number of anilines is 3. The van der Waals surface area contributed by atoms with Crippen LogP contribution in [0.1, 0.15) is 19.7 Å². The van der Waals surface area contributed by atoms with Crippen LogP contribution in [0.2, 0.25) is 0 Å². The van der Waals surface area contributed by atoms with Gasteiger partial charge < -0.3 is 15.4 Å². The molecule has 3 rings (SSSR count). The maximum absolute atomic E-state index is 14.0. The minimum atomic E-state index is -3.34. The van der Waals surface area contributed by atoms with Crippen molar-refractivity contribution in [1.29, 1.82) is 0 Å². The Balaban J connectivity index is 2.06. The van der Waals surface area contributed by atoms with Crippen molar-refractivity contribution in [1.82, 2.24) is 19.9 Å². The predicted molar refractivity (Wildman–Crippen MR) is 103 cm³/mol. The molecule has 8 nitrogen and oxygen atoms in total. The fraction of sp³-hybridized carbons (Fsp3) is 0.211. The third-order valence-electron chi connectivity index (χ3n) is 3.76. The number of hydrogen-bond acceptors (Lipinski definition) is 7. The van der Waals surface area contributed by atoms with Crippen LogP contribution in [0, 0.1) is 5.82 Å². The molecule has 3 aromatic rings. The first-order valence-electron chi connectivity index (χ1n) is 8.63. The number of rotatable bonds is 6. The summed E-state index contributed by atoms with van der Waals surface area (Å²) in [4.78, 5) is 26.9. The maximum Gasteiger partial charge on any atom is 0.303 e. The Hall–Kier alpha value is -3.76. The zero-order chi connectivity index (χ0) is 21.9. The SMILES string of the molecule is COc1cnc(NC(C)=O)cc1Nc1cc(-c2ccc(F)cn2)nc(C(C)(F)F)n1. The standard InChI is InChI=1S/C19H17F3N6O2/c1-10(29)25-16-7-14(15(30-3)9-24-16)26-17-6-13(12-5-4-11(20)8-23-12)27-18(28-17)19(2,21)22/h4-9H,1-3H3,(H2,24,25,26,27,28,29). The van der Waals surface area contributed by atoms with Crippen LogP contribution in [0.25, 0.3) is 11.4 Å². The van der Waals surface area contributed by atoms with Crippen molar-refractivity contribution in [2.75, 3.05) is 17.7 Å². The van der Waals surface area contributed by atoms with Crippen molar-refractivity contribution in [3.8, 4) is 17.1 Å². The lowest BCUT2D eigenvalue weighted by Gasteiger charge is -2.15. The summed E-state index contributed by atoms with van der Waals surface area (Å²) in [5.74, 6) is -4.46. The molecule has 3 heterocycles. The topological polar surface area (TPSA) is 102 Å². The van der Waals surface area contributed by atoms with Gasteiger partial charge in [-0.2, -0.15) is 8.78 Å². The number of nitrogens with one attached hydrogen (secondary N) is 2. The Kier molecular flexibility index (Phi) is 5.81. The average Bonchev–Trinajstić information content (AvgIpc) is 2.67. The van der Waals surface area contributed by atoms with E-state index in [4.69, 9.17) is 4.74 Å². The Morgan fingerprint density at radius 1 is 1.07 bits per heavy atom. The summed E-state index contributed by atoms with van der Waals surface area (Å²) < 4.78 is 46.3. The summed E-state index contributed by atoms with van der Waals surface area (Å²) in [7, 11) is 1.40. The Labute approximate surface area is 169 Å². The number of pyridine rings is 2. The first-order valence-corrected chi connectivity index (χ1v) is 8.63. The van der Waals surface area contributed by atoms with E-state index in [2.05, 4.69) is 30.6 Å². The second kappa shape index (κ2) is 8.31.